The molecule has 0 aliphatic rings. The van der Waals surface area contributed by atoms with Crippen molar-refractivity contribution in [3.8, 4) is 0 Å². The molecule has 3 aromatic rings. The molecule has 0 amide bonds. The van der Waals surface area contributed by atoms with Gasteiger partial charge in [0.25, 0.3) is 0 Å². The lowest BCUT2D eigenvalue weighted by molar-refractivity contribution is 0.627. The molecule has 0 saturated heterocycles. The van der Waals surface area contributed by atoms with Crippen LogP contribution in [0, 0.1) is 12.7 Å². The normalized spacial score (nSPS) is 10.5. The van der Waals surface area contributed by atoms with Gasteiger partial charge in [-0.15, -0.1) is 0 Å². The average molecular weight is 337 g/mol. The number of rotatable bonds is 7. The lowest BCUT2D eigenvalue weighted by atomic mass is 10.1. The van der Waals surface area contributed by atoms with Crippen molar-refractivity contribution in [3.63, 3.8) is 0 Å². The van der Waals surface area contributed by atoms with Gasteiger partial charge < -0.3 is 10.6 Å². The van der Waals surface area contributed by atoms with Crippen molar-refractivity contribution in [3.05, 3.63) is 77.6 Å². The molecular formula is C19H20FN5. The summed E-state index contributed by atoms with van der Waals surface area (Å²) in [6.45, 7) is 3.23. The summed E-state index contributed by atoms with van der Waals surface area (Å²) in [5.41, 5.74) is 2.17. The Labute approximate surface area is 146 Å². The second-order valence-corrected chi connectivity index (χ2v) is 5.70. The summed E-state index contributed by atoms with van der Waals surface area (Å²) >= 11 is 0. The zero-order chi connectivity index (χ0) is 17.5. The summed E-state index contributed by atoms with van der Waals surface area (Å²) in [5, 5.41) is 6.57. The second kappa shape index (κ2) is 8.19. The predicted molar refractivity (Wildman–Crippen MR) is 96.9 cm³/mol. The molecule has 128 valence electrons. The number of halogens is 1. The summed E-state index contributed by atoms with van der Waals surface area (Å²) in [7, 11) is 0. The predicted octanol–water partition coefficient (Wildman–Crippen LogP) is 3.59. The van der Waals surface area contributed by atoms with Gasteiger partial charge >= 0.3 is 0 Å². The topological polar surface area (TPSA) is 62.7 Å². The molecule has 1 aromatic carbocycles. The molecule has 0 atom stereocenters. The first kappa shape index (κ1) is 16.8. The van der Waals surface area contributed by atoms with Gasteiger partial charge in [0.15, 0.2) is 0 Å². The molecule has 2 aromatic heterocycles. The van der Waals surface area contributed by atoms with Gasteiger partial charge in [0.1, 0.15) is 23.3 Å². The summed E-state index contributed by atoms with van der Waals surface area (Å²) in [5.74, 6) is 2.01. The fourth-order valence-corrected chi connectivity index (χ4v) is 2.43. The van der Waals surface area contributed by atoms with Gasteiger partial charge in [-0.1, -0.05) is 18.2 Å². The van der Waals surface area contributed by atoms with Gasteiger partial charge in [0, 0.05) is 31.5 Å². The highest BCUT2D eigenvalue weighted by Crippen LogP contribution is 2.13. The van der Waals surface area contributed by atoms with E-state index in [0.29, 0.717) is 18.9 Å². The number of pyridine rings is 1. The van der Waals surface area contributed by atoms with Crippen LogP contribution in [0.4, 0.5) is 16.0 Å². The van der Waals surface area contributed by atoms with E-state index in [0.717, 1.165) is 29.2 Å². The van der Waals surface area contributed by atoms with Crippen LogP contribution < -0.4 is 10.6 Å². The maximum atomic E-state index is 12.9. The number of hydrogen-bond donors (Lipinski definition) is 2. The maximum Gasteiger partial charge on any atom is 0.132 e. The first-order valence-corrected chi connectivity index (χ1v) is 8.16. The molecule has 0 spiro atoms. The van der Waals surface area contributed by atoms with Gasteiger partial charge in [-0.2, -0.15) is 0 Å². The molecule has 0 bridgehead atoms. The number of anilines is 2. The minimum absolute atomic E-state index is 0.215. The molecular weight excluding hydrogens is 317 g/mol. The van der Waals surface area contributed by atoms with Gasteiger partial charge in [-0.05, 0) is 42.7 Å². The third kappa shape index (κ3) is 5.24. The fraction of sp³-hybridized carbons (Fsp3) is 0.211. The van der Waals surface area contributed by atoms with E-state index < -0.39 is 0 Å². The standard InChI is InChI=1S/C19H20FN5/c1-14-24-18(22-10-8-15-4-6-17(20)7-5-15)11-19(25-14)23-13-16-3-2-9-21-12-16/h2-7,9,11-12H,8,10,13H2,1H3,(H2,22,23,24,25). The largest absolute Gasteiger partial charge is 0.370 e. The molecule has 0 unspecified atom stereocenters. The molecule has 2 N–H and O–H groups in total. The molecule has 5 nitrogen and oxygen atoms in total. The number of aryl methyl sites for hydroxylation is 1. The average Bonchev–Trinajstić information content (AvgIpc) is 2.62. The Balaban J connectivity index is 1.56. The Morgan fingerprint density at radius 1 is 0.960 bits per heavy atom. The Morgan fingerprint density at radius 3 is 2.44 bits per heavy atom. The molecule has 3 rings (SSSR count). The zero-order valence-corrected chi connectivity index (χ0v) is 14.0. The Bertz CT molecular complexity index is 806. The molecule has 0 saturated carbocycles. The van der Waals surface area contributed by atoms with Crippen LogP contribution in [-0.2, 0) is 13.0 Å². The van der Waals surface area contributed by atoms with Crippen molar-refractivity contribution < 1.29 is 4.39 Å². The van der Waals surface area contributed by atoms with Crippen molar-refractivity contribution in [2.45, 2.75) is 19.9 Å². The number of nitrogens with zero attached hydrogens (tertiary/aromatic N) is 3. The quantitative estimate of drug-likeness (QED) is 0.690. The van der Waals surface area contributed by atoms with Gasteiger partial charge in [-0.3, -0.25) is 4.98 Å². The Kier molecular flexibility index (Phi) is 5.51. The van der Waals surface area contributed by atoms with E-state index in [-0.39, 0.29) is 5.82 Å². The van der Waals surface area contributed by atoms with Crippen molar-refractivity contribution in [2.75, 3.05) is 17.2 Å². The van der Waals surface area contributed by atoms with E-state index >= 15 is 0 Å². The molecule has 25 heavy (non-hydrogen) atoms. The number of aromatic nitrogens is 3. The summed E-state index contributed by atoms with van der Waals surface area (Å²) in [4.78, 5) is 12.9. The number of nitrogens with one attached hydrogen (secondary N) is 2. The van der Waals surface area contributed by atoms with E-state index in [2.05, 4.69) is 25.6 Å². The summed E-state index contributed by atoms with van der Waals surface area (Å²) in [6.07, 6.45) is 4.37. The summed E-state index contributed by atoms with van der Waals surface area (Å²) in [6, 6.07) is 12.3. The first-order chi connectivity index (χ1) is 12.2. The lowest BCUT2D eigenvalue weighted by Gasteiger charge is -2.10. The molecule has 0 radical (unpaired) electrons. The van der Waals surface area contributed by atoms with Crippen LogP contribution in [0.25, 0.3) is 0 Å². The monoisotopic (exact) mass is 337 g/mol. The van der Waals surface area contributed by atoms with Crippen molar-refractivity contribution in [2.24, 2.45) is 0 Å². The van der Waals surface area contributed by atoms with Crippen LogP contribution in [0.3, 0.4) is 0 Å². The Hall–Kier alpha value is -3.02. The van der Waals surface area contributed by atoms with Gasteiger partial charge in [0.2, 0.25) is 0 Å². The second-order valence-electron chi connectivity index (χ2n) is 5.70. The molecule has 6 heteroatoms. The molecule has 0 aliphatic heterocycles. The van der Waals surface area contributed by atoms with E-state index in [1.54, 1.807) is 18.3 Å². The van der Waals surface area contributed by atoms with Crippen LogP contribution in [0.2, 0.25) is 0 Å². The van der Waals surface area contributed by atoms with Crippen LogP contribution in [-0.4, -0.2) is 21.5 Å². The van der Waals surface area contributed by atoms with E-state index in [4.69, 9.17) is 0 Å². The van der Waals surface area contributed by atoms with Crippen molar-refractivity contribution in [1.29, 1.82) is 0 Å². The fourth-order valence-electron chi connectivity index (χ4n) is 2.43. The maximum absolute atomic E-state index is 12.9. The van der Waals surface area contributed by atoms with Crippen molar-refractivity contribution in [1.82, 2.24) is 15.0 Å². The van der Waals surface area contributed by atoms with Gasteiger partial charge in [0.05, 0.1) is 0 Å². The highest BCUT2D eigenvalue weighted by Gasteiger charge is 2.02. The van der Waals surface area contributed by atoms with Gasteiger partial charge in [-0.25, -0.2) is 14.4 Å². The van der Waals surface area contributed by atoms with Crippen LogP contribution >= 0.6 is 0 Å². The molecule has 0 aliphatic carbocycles. The SMILES string of the molecule is Cc1nc(NCCc2ccc(F)cc2)cc(NCc2cccnc2)n1. The number of hydrogen-bond acceptors (Lipinski definition) is 5. The van der Waals surface area contributed by atoms with Crippen LogP contribution in [0.15, 0.2) is 54.9 Å². The zero-order valence-electron chi connectivity index (χ0n) is 14.0. The smallest absolute Gasteiger partial charge is 0.132 e. The molecule has 2 heterocycles. The highest BCUT2D eigenvalue weighted by molar-refractivity contribution is 5.47. The minimum Gasteiger partial charge on any atom is -0.370 e. The van der Waals surface area contributed by atoms with Crippen molar-refractivity contribution >= 4 is 11.6 Å². The lowest BCUT2D eigenvalue weighted by Crippen LogP contribution is -2.09. The van der Waals surface area contributed by atoms with E-state index in [9.17, 15) is 4.39 Å². The van der Waals surface area contributed by atoms with E-state index in [1.165, 1.54) is 12.1 Å². The highest BCUT2D eigenvalue weighted by atomic mass is 19.1. The van der Waals surface area contributed by atoms with Crippen LogP contribution in [0.1, 0.15) is 17.0 Å². The first-order valence-electron chi connectivity index (χ1n) is 8.16. The van der Waals surface area contributed by atoms with Crippen LogP contribution in [0.5, 0.6) is 0 Å². The van der Waals surface area contributed by atoms with E-state index in [1.807, 2.05) is 31.3 Å². The third-order valence-electron chi connectivity index (χ3n) is 3.67. The summed E-state index contributed by atoms with van der Waals surface area (Å²) < 4.78 is 12.9. The Morgan fingerprint density at radius 2 is 1.72 bits per heavy atom. The number of benzene rings is 1. The minimum atomic E-state index is -0.215. The third-order valence-corrected chi connectivity index (χ3v) is 3.67. The molecule has 0 fully saturated rings.